The average molecular weight is 434 g/mol. The third-order valence-corrected chi connectivity index (χ3v) is 6.26. The van der Waals surface area contributed by atoms with Crippen LogP contribution in [0.2, 0.25) is 0 Å². The van der Waals surface area contributed by atoms with Gasteiger partial charge >= 0.3 is 0 Å². The third-order valence-electron chi connectivity index (χ3n) is 5.17. The minimum absolute atomic E-state index is 0.0322. The van der Waals surface area contributed by atoms with Crippen molar-refractivity contribution in [2.45, 2.75) is 43.9 Å². The molecule has 0 aliphatic heterocycles. The molecule has 0 fully saturated rings. The van der Waals surface area contributed by atoms with Gasteiger partial charge in [-0.2, -0.15) is 0 Å². The number of rotatable bonds is 9. The molecule has 3 rings (SSSR count). The van der Waals surface area contributed by atoms with Gasteiger partial charge in [-0.05, 0) is 66.8 Å². The molecule has 0 saturated carbocycles. The molecular weight excluding hydrogens is 402 g/mol. The Hall–Kier alpha value is -2.72. The first-order valence-electron chi connectivity index (χ1n) is 10.7. The van der Waals surface area contributed by atoms with Gasteiger partial charge in [-0.1, -0.05) is 55.8 Å². The van der Waals surface area contributed by atoms with Crippen LogP contribution in [0.15, 0.2) is 77.7 Å². The fourth-order valence-corrected chi connectivity index (χ4v) is 4.24. The van der Waals surface area contributed by atoms with Crippen LogP contribution in [0.3, 0.4) is 0 Å². The van der Waals surface area contributed by atoms with Crippen LogP contribution in [0, 0.1) is 12.8 Å². The Morgan fingerprint density at radius 2 is 1.58 bits per heavy atom. The molecule has 3 nitrogen and oxygen atoms in total. The molecule has 0 heterocycles. The molecule has 3 aromatic carbocycles. The second kappa shape index (κ2) is 11.1. The van der Waals surface area contributed by atoms with Crippen molar-refractivity contribution < 1.29 is 9.53 Å². The van der Waals surface area contributed by atoms with Gasteiger partial charge in [0.1, 0.15) is 5.75 Å². The summed E-state index contributed by atoms with van der Waals surface area (Å²) in [6.07, 6.45) is 0.878. The number of benzene rings is 3. The van der Waals surface area contributed by atoms with Crippen LogP contribution in [0.5, 0.6) is 5.75 Å². The molecule has 1 atom stereocenters. The average Bonchev–Trinajstić information content (AvgIpc) is 2.78. The highest BCUT2D eigenvalue weighted by atomic mass is 32.2. The summed E-state index contributed by atoms with van der Waals surface area (Å²) < 4.78 is 5.26. The Morgan fingerprint density at radius 1 is 0.935 bits per heavy atom. The van der Waals surface area contributed by atoms with Crippen molar-refractivity contribution in [3.63, 3.8) is 0 Å². The number of ether oxygens (including phenoxy) is 1. The van der Waals surface area contributed by atoms with E-state index in [-0.39, 0.29) is 11.9 Å². The lowest BCUT2D eigenvalue weighted by Gasteiger charge is -2.21. The number of aryl methyl sites for hydroxylation is 1. The highest BCUT2D eigenvalue weighted by Crippen LogP contribution is 2.25. The molecule has 0 aliphatic rings. The van der Waals surface area contributed by atoms with Crippen molar-refractivity contribution >= 4 is 17.7 Å². The van der Waals surface area contributed by atoms with Crippen molar-refractivity contribution in [1.82, 2.24) is 5.32 Å². The molecule has 0 aromatic heterocycles. The van der Waals surface area contributed by atoms with Crippen molar-refractivity contribution in [1.29, 1.82) is 0 Å². The van der Waals surface area contributed by atoms with Gasteiger partial charge in [-0.25, -0.2) is 0 Å². The fraction of sp³-hybridized carbons (Fsp3) is 0.296. The maximum atomic E-state index is 12.9. The number of hydrogen-bond donors (Lipinski definition) is 1. The van der Waals surface area contributed by atoms with Gasteiger partial charge in [0.2, 0.25) is 0 Å². The van der Waals surface area contributed by atoms with Gasteiger partial charge in [0, 0.05) is 16.2 Å². The highest BCUT2D eigenvalue weighted by Gasteiger charge is 2.17. The summed E-state index contributed by atoms with van der Waals surface area (Å²) >= 11 is 1.80. The second-order valence-corrected chi connectivity index (χ2v) is 9.28. The van der Waals surface area contributed by atoms with Gasteiger partial charge < -0.3 is 10.1 Å². The topological polar surface area (TPSA) is 38.3 Å². The number of thioether (sulfide) groups is 1. The monoisotopic (exact) mass is 433 g/mol. The zero-order chi connectivity index (χ0) is 22.2. The summed E-state index contributed by atoms with van der Waals surface area (Å²) in [6, 6.07) is 24.4. The summed E-state index contributed by atoms with van der Waals surface area (Å²) in [6.45, 7) is 6.44. The molecule has 0 spiro atoms. The van der Waals surface area contributed by atoms with Crippen LogP contribution in [0.25, 0.3) is 0 Å². The molecule has 1 N–H and O–H groups in total. The van der Waals surface area contributed by atoms with E-state index in [4.69, 9.17) is 4.74 Å². The standard InChI is InChI=1S/C27H31NO2S/c1-19(2)17-26(22-11-13-24(30-4)14-12-22)28-27(29)23-9-7-21(8-10-23)18-31-25-15-5-20(3)6-16-25/h5-16,19,26H,17-18H2,1-4H3,(H,28,29). The first-order valence-corrected chi connectivity index (χ1v) is 11.7. The van der Waals surface area contributed by atoms with Crippen molar-refractivity contribution in [2.75, 3.05) is 7.11 Å². The molecule has 3 aromatic rings. The van der Waals surface area contributed by atoms with Crippen LogP contribution in [-0.4, -0.2) is 13.0 Å². The van der Waals surface area contributed by atoms with Crippen LogP contribution in [0.4, 0.5) is 0 Å². The Labute approximate surface area is 190 Å². The minimum atomic E-state index is -0.0424. The minimum Gasteiger partial charge on any atom is -0.497 e. The quantitative estimate of drug-likeness (QED) is 0.377. The fourth-order valence-electron chi connectivity index (χ4n) is 3.38. The molecule has 0 saturated heterocycles. The molecular formula is C27H31NO2S. The van der Waals surface area contributed by atoms with Crippen molar-refractivity contribution in [3.05, 3.63) is 95.1 Å². The van der Waals surface area contributed by atoms with E-state index < -0.39 is 0 Å². The van der Waals surface area contributed by atoms with Gasteiger partial charge in [-0.15, -0.1) is 11.8 Å². The van der Waals surface area contributed by atoms with E-state index in [0.717, 1.165) is 23.5 Å². The third kappa shape index (κ3) is 6.90. The number of hydrogen-bond acceptors (Lipinski definition) is 3. The largest absolute Gasteiger partial charge is 0.497 e. The Kier molecular flexibility index (Phi) is 8.19. The Bertz CT molecular complexity index is 964. The number of carbonyl (C=O) groups is 1. The van der Waals surface area contributed by atoms with Gasteiger partial charge in [-0.3, -0.25) is 4.79 Å². The van der Waals surface area contributed by atoms with Crippen molar-refractivity contribution in [3.8, 4) is 5.75 Å². The van der Waals surface area contributed by atoms with E-state index in [0.29, 0.717) is 11.5 Å². The molecule has 0 bridgehead atoms. The van der Waals surface area contributed by atoms with Crippen molar-refractivity contribution in [2.24, 2.45) is 5.92 Å². The molecule has 4 heteroatoms. The van der Waals surface area contributed by atoms with E-state index >= 15 is 0 Å². The molecule has 1 amide bonds. The second-order valence-electron chi connectivity index (χ2n) is 8.23. The van der Waals surface area contributed by atoms with E-state index in [2.05, 4.69) is 50.4 Å². The molecule has 1 unspecified atom stereocenters. The van der Waals surface area contributed by atoms with Gasteiger partial charge in [0.25, 0.3) is 5.91 Å². The summed E-state index contributed by atoms with van der Waals surface area (Å²) in [4.78, 5) is 14.2. The van der Waals surface area contributed by atoms with E-state index in [1.807, 2.05) is 48.5 Å². The Balaban J connectivity index is 1.63. The normalized spacial score (nSPS) is 11.9. The first-order chi connectivity index (χ1) is 14.9. The highest BCUT2D eigenvalue weighted by molar-refractivity contribution is 7.98. The predicted octanol–water partition coefficient (Wildman–Crippen LogP) is 6.81. The van der Waals surface area contributed by atoms with E-state index in [9.17, 15) is 4.79 Å². The van der Waals surface area contributed by atoms with Crippen LogP contribution in [-0.2, 0) is 5.75 Å². The van der Waals surface area contributed by atoms with E-state index in [1.54, 1.807) is 18.9 Å². The Morgan fingerprint density at radius 3 is 2.16 bits per heavy atom. The van der Waals surface area contributed by atoms with Crippen LogP contribution in [0.1, 0.15) is 53.4 Å². The summed E-state index contributed by atoms with van der Waals surface area (Å²) in [5.74, 6) is 2.12. The predicted molar refractivity (Wildman–Crippen MR) is 130 cm³/mol. The zero-order valence-corrected chi connectivity index (χ0v) is 19.5. The maximum Gasteiger partial charge on any atom is 0.251 e. The lowest BCUT2D eigenvalue weighted by molar-refractivity contribution is 0.0932. The van der Waals surface area contributed by atoms with Crippen LogP contribution >= 0.6 is 11.8 Å². The number of methoxy groups -OCH3 is 1. The van der Waals surface area contributed by atoms with E-state index in [1.165, 1.54) is 16.0 Å². The molecule has 31 heavy (non-hydrogen) atoms. The van der Waals surface area contributed by atoms with Crippen LogP contribution < -0.4 is 10.1 Å². The van der Waals surface area contributed by atoms with Gasteiger partial charge in [0.05, 0.1) is 13.2 Å². The summed E-state index contributed by atoms with van der Waals surface area (Å²) in [5.41, 5.74) is 4.25. The molecule has 162 valence electrons. The summed E-state index contributed by atoms with van der Waals surface area (Å²) in [5, 5.41) is 3.22. The molecule has 0 aliphatic carbocycles. The zero-order valence-electron chi connectivity index (χ0n) is 18.7. The lowest BCUT2D eigenvalue weighted by atomic mass is 9.96. The SMILES string of the molecule is COc1ccc(C(CC(C)C)NC(=O)c2ccc(CSc3ccc(C)cc3)cc2)cc1. The number of nitrogens with one attached hydrogen (secondary N) is 1. The lowest BCUT2D eigenvalue weighted by Crippen LogP contribution is -2.29. The maximum absolute atomic E-state index is 12.9. The first kappa shape index (κ1) is 23.0. The smallest absolute Gasteiger partial charge is 0.251 e. The molecule has 0 radical (unpaired) electrons. The number of amides is 1. The van der Waals surface area contributed by atoms with Gasteiger partial charge in [0.15, 0.2) is 0 Å². The number of carbonyl (C=O) groups excluding carboxylic acids is 1. The summed E-state index contributed by atoms with van der Waals surface area (Å²) in [7, 11) is 1.66.